The van der Waals surface area contributed by atoms with Gasteiger partial charge in [0.25, 0.3) is 0 Å². The van der Waals surface area contributed by atoms with E-state index in [0.717, 1.165) is 11.1 Å². The minimum absolute atomic E-state index is 0.191. The summed E-state index contributed by atoms with van der Waals surface area (Å²) < 4.78 is 11.0. The van der Waals surface area contributed by atoms with Crippen molar-refractivity contribution in [2.24, 2.45) is 5.10 Å². The maximum atomic E-state index is 5.58. The fourth-order valence-corrected chi connectivity index (χ4v) is 2.22. The largest absolute Gasteiger partial charge is 0.490 e. The van der Waals surface area contributed by atoms with E-state index in [1.807, 2.05) is 49.4 Å². The van der Waals surface area contributed by atoms with Gasteiger partial charge in [-0.05, 0) is 48.5 Å². The minimum atomic E-state index is 0.191. The molecule has 0 amide bonds. The lowest BCUT2D eigenvalue weighted by Gasteiger charge is -2.11. The van der Waals surface area contributed by atoms with Gasteiger partial charge in [0.15, 0.2) is 16.6 Å². The number of rotatable bonds is 8. The topological polar surface area (TPSA) is 54.9 Å². The number of benzene rings is 2. The van der Waals surface area contributed by atoms with E-state index < -0.39 is 0 Å². The highest BCUT2D eigenvalue weighted by Crippen LogP contribution is 2.27. The van der Waals surface area contributed by atoms with Gasteiger partial charge in [-0.25, -0.2) is 0 Å². The van der Waals surface area contributed by atoms with Gasteiger partial charge in [-0.2, -0.15) is 5.10 Å². The summed E-state index contributed by atoms with van der Waals surface area (Å²) in [7, 11) is 0. The number of ether oxygens (including phenoxy) is 2. The highest BCUT2D eigenvalue weighted by atomic mass is 32.1. The molecule has 2 N–H and O–H groups in total. The summed E-state index contributed by atoms with van der Waals surface area (Å²) in [4.78, 5) is 0. The Morgan fingerprint density at radius 1 is 1.19 bits per heavy atom. The zero-order valence-electron chi connectivity index (χ0n) is 14.6. The molecule has 26 heavy (non-hydrogen) atoms. The molecule has 0 aliphatic carbocycles. The molecular weight excluding hydrogens is 346 g/mol. The molecule has 0 aromatic heterocycles. The summed E-state index contributed by atoms with van der Waals surface area (Å²) >= 11 is 5.21. The Labute approximate surface area is 159 Å². The number of terminal acetylenes is 1. The minimum Gasteiger partial charge on any atom is -0.490 e. The maximum absolute atomic E-state index is 5.58. The number of nitrogens with one attached hydrogen (secondary N) is 2. The van der Waals surface area contributed by atoms with Crippen LogP contribution in [0.5, 0.6) is 11.5 Å². The predicted octanol–water partition coefficient (Wildman–Crippen LogP) is 3.10. The van der Waals surface area contributed by atoms with Gasteiger partial charge < -0.3 is 14.8 Å². The maximum Gasteiger partial charge on any atom is 0.187 e. The Balaban J connectivity index is 1.89. The van der Waals surface area contributed by atoms with E-state index in [4.69, 9.17) is 28.1 Å². The first kappa shape index (κ1) is 19.3. The van der Waals surface area contributed by atoms with Crippen LogP contribution in [0, 0.1) is 12.3 Å². The fraction of sp³-hybridized carbons (Fsp3) is 0.200. The number of nitrogens with zero attached hydrogens (tertiary/aromatic N) is 1. The van der Waals surface area contributed by atoms with Gasteiger partial charge in [0, 0.05) is 6.54 Å². The summed E-state index contributed by atoms with van der Waals surface area (Å²) in [5.41, 5.74) is 4.78. The molecule has 0 saturated heterocycles. The van der Waals surface area contributed by atoms with Crippen LogP contribution in [0.15, 0.2) is 53.6 Å². The van der Waals surface area contributed by atoms with Gasteiger partial charge in [-0.15, -0.1) is 6.42 Å². The molecular formula is C20H21N3O2S. The van der Waals surface area contributed by atoms with Crippen LogP contribution in [0.4, 0.5) is 0 Å². The van der Waals surface area contributed by atoms with Gasteiger partial charge in [0.1, 0.15) is 6.61 Å². The van der Waals surface area contributed by atoms with Gasteiger partial charge in [-0.3, -0.25) is 5.43 Å². The molecule has 0 unspecified atom stereocenters. The monoisotopic (exact) mass is 367 g/mol. The second-order valence-electron chi connectivity index (χ2n) is 5.17. The highest BCUT2D eigenvalue weighted by Gasteiger charge is 2.05. The van der Waals surface area contributed by atoms with Crippen molar-refractivity contribution in [3.8, 4) is 23.8 Å². The number of hydrazone groups is 1. The third-order valence-corrected chi connectivity index (χ3v) is 3.49. The highest BCUT2D eigenvalue weighted by molar-refractivity contribution is 7.80. The molecule has 0 heterocycles. The van der Waals surface area contributed by atoms with Crippen molar-refractivity contribution in [1.29, 1.82) is 0 Å². The van der Waals surface area contributed by atoms with Crippen molar-refractivity contribution in [2.75, 3.05) is 13.2 Å². The Morgan fingerprint density at radius 2 is 2.00 bits per heavy atom. The predicted molar refractivity (Wildman–Crippen MR) is 109 cm³/mol. The zero-order chi connectivity index (χ0) is 18.6. The molecule has 0 aliphatic rings. The van der Waals surface area contributed by atoms with E-state index in [0.29, 0.717) is 29.8 Å². The van der Waals surface area contributed by atoms with Gasteiger partial charge in [-0.1, -0.05) is 36.3 Å². The van der Waals surface area contributed by atoms with Crippen LogP contribution in [0.25, 0.3) is 0 Å². The first-order valence-corrected chi connectivity index (χ1v) is 8.57. The van der Waals surface area contributed by atoms with Crippen molar-refractivity contribution in [3.05, 3.63) is 59.7 Å². The van der Waals surface area contributed by atoms with Gasteiger partial charge in [0.2, 0.25) is 0 Å². The third-order valence-electron chi connectivity index (χ3n) is 3.25. The molecule has 0 atom stereocenters. The molecule has 0 saturated carbocycles. The van der Waals surface area contributed by atoms with Crippen LogP contribution in [0.1, 0.15) is 18.1 Å². The number of hydrogen-bond acceptors (Lipinski definition) is 4. The fourth-order valence-electron chi connectivity index (χ4n) is 2.10. The van der Waals surface area contributed by atoms with Crippen molar-refractivity contribution in [1.82, 2.24) is 10.7 Å². The average Bonchev–Trinajstić information content (AvgIpc) is 2.67. The second kappa shape index (κ2) is 10.7. The van der Waals surface area contributed by atoms with Gasteiger partial charge >= 0.3 is 0 Å². The van der Waals surface area contributed by atoms with Crippen molar-refractivity contribution in [3.63, 3.8) is 0 Å². The number of thiocarbonyl (C=S) groups is 1. The summed E-state index contributed by atoms with van der Waals surface area (Å²) in [5.74, 6) is 3.66. The van der Waals surface area contributed by atoms with E-state index in [-0.39, 0.29) is 6.61 Å². The van der Waals surface area contributed by atoms with Crippen LogP contribution >= 0.6 is 12.2 Å². The van der Waals surface area contributed by atoms with Crippen molar-refractivity contribution in [2.45, 2.75) is 13.5 Å². The van der Waals surface area contributed by atoms with E-state index in [9.17, 15) is 0 Å². The molecule has 2 aromatic rings. The Hall–Kier alpha value is -3.04. The molecule has 0 aliphatic heterocycles. The Bertz CT molecular complexity index is 785. The van der Waals surface area contributed by atoms with E-state index in [1.165, 1.54) is 0 Å². The second-order valence-corrected chi connectivity index (χ2v) is 5.58. The van der Waals surface area contributed by atoms with Crippen LogP contribution in [-0.2, 0) is 6.54 Å². The van der Waals surface area contributed by atoms with Crippen LogP contribution in [-0.4, -0.2) is 24.5 Å². The first-order chi connectivity index (χ1) is 12.7. The summed E-state index contributed by atoms with van der Waals surface area (Å²) in [6.45, 7) is 3.26. The SMILES string of the molecule is C#CCOc1ccc(/C=N\NC(=S)NCc2ccccc2)cc1OCC. The molecule has 5 nitrogen and oxygen atoms in total. The summed E-state index contributed by atoms with van der Waals surface area (Å²) in [6.07, 6.45) is 6.88. The standard InChI is InChI=1S/C20H21N3O2S/c1-3-12-25-18-11-10-17(13-19(18)24-4-2)15-22-23-20(26)21-14-16-8-6-5-7-9-16/h1,5-11,13,15H,4,12,14H2,2H3,(H2,21,23,26)/b22-15-. The van der Waals surface area contributed by atoms with E-state index in [2.05, 4.69) is 21.8 Å². The van der Waals surface area contributed by atoms with E-state index >= 15 is 0 Å². The lowest BCUT2D eigenvalue weighted by atomic mass is 10.2. The molecule has 2 aromatic carbocycles. The molecule has 6 heteroatoms. The quantitative estimate of drug-likeness (QED) is 0.325. The van der Waals surface area contributed by atoms with Crippen molar-refractivity contribution >= 4 is 23.5 Å². The lowest BCUT2D eigenvalue weighted by molar-refractivity contribution is 0.299. The normalized spacial score (nSPS) is 10.2. The summed E-state index contributed by atoms with van der Waals surface area (Å²) in [5, 5.41) is 7.68. The third kappa shape index (κ3) is 6.46. The van der Waals surface area contributed by atoms with Crippen LogP contribution in [0.2, 0.25) is 0 Å². The number of hydrogen-bond donors (Lipinski definition) is 2. The van der Waals surface area contributed by atoms with Crippen molar-refractivity contribution < 1.29 is 9.47 Å². The lowest BCUT2D eigenvalue weighted by Crippen LogP contribution is -2.31. The van der Waals surface area contributed by atoms with Crippen LogP contribution in [0.3, 0.4) is 0 Å². The Kier molecular flexibility index (Phi) is 7.97. The smallest absolute Gasteiger partial charge is 0.187 e. The van der Waals surface area contributed by atoms with Gasteiger partial charge in [0.05, 0.1) is 12.8 Å². The molecule has 0 spiro atoms. The zero-order valence-corrected chi connectivity index (χ0v) is 15.4. The summed E-state index contributed by atoms with van der Waals surface area (Å²) in [6, 6.07) is 15.5. The average molecular weight is 367 g/mol. The van der Waals surface area contributed by atoms with Crippen LogP contribution < -0.4 is 20.2 Å². The molecule has 0 radical (unpaired) electrons. The molecule has 0 fully saturated rings. The molecule has 2 rings (SSSR count). The first-order valence-electron chi connectivity index (χ1n) is 8.17. The van der Waals surface area contributed by atoms with E-state index in [1.54, 1.807) is 12.3 Å². The Morgan fingerprint density at radius 3 is 2.73 bits per heavy atom. The molecule has 134 valence electrons. The molecule has 0 bridgehead atoms.